The first kappa shape index (κ1) is 23.4. The summed E-state index contributed by atoms with van der Waals surface area (Å²) in [6.45, 7) is 4.65. The predicted molar refractivity (Wildman–Crippen MR) is 104 cm³/mol. The van der Waals surface area contributed by atoms with Crippen LogP contribution in [0.3, 0.4) is 0 Å². The van der Waals surface area contributed by atoms with Crippen LogP contribution < -0.4 is 0 Å². The fraction of sp³-hybridized carbons (Fsp3) is 0.579. The third kappa shape index (κ3) is 6.28. The van der Waals surface area contributed by atoms with Gasteiger partial charge in [-0.2, -0.15) is 13.2 Å². The number of hydrogen-bond donors (Lipinski definition) is 1. The van der Waals surface area contributed by atoms with Crippen molar-refractivity contribution in [2.24, 2.45) is 11.3 Å². The molecule has 1 aromatic rings. The highest BCUT2D eigenvalue weighted by atomic mass is 32.1. The van der Waals surface area contributed by atoms with E-state index in [4.69, 9.17) is 14.6 Å². The fourth-order valence-corrected chi connectivity index (χ4v) is 4.54. The zero-order chi connectivity index (χ0) is 21.7. The Bertz CT molecular complexity index is 724. The van der Waals surface area contributed by atoms with E-state index >= 15 is 0 Å². The molecule has 1 aromatic heterocycles. The van der Waals surface area contributed by atoms with Crippen molar-refractivity contribution in [1.82, 2.24) is 9.80 Å². The molecule has 0 aromatic carbocycles. The first-order valence-corrected chi connectivity index (χ1v) is 9.93. The van der Waals surface area contributed by atoms with Gasteiger partial charge in [0.2, 0.25) is 5.91 Å². The van der Waals surface area contributed by atoms with Gasteiger partial charge in [0.25, 0.3) is 0 Å². The molecule has 0 radical (unpaired) electrons. The molecule has 0 unspecified atom stereocenters. The molecule has 0 aliphatic carbocycles. The maximum Gasteiger partial charge on any atom is 0.490 e. The van der Waals surface area contributed by atoms with Gasteiger partial charge >= 0.3 is 12.1 Å². The minimum absolute atomic E-state index is 0.135. The van der Waals surface area contributed by atoms with Crippen LogP contribution in [-0.2, 0) is 14.3 Å². The molecule has 0 bridgehead atoms. The largest absolute Gasteiger partial charge is 0.490 e. The van der Waals surface area contributed by atoms with Crippen molar-refractivity contribution in [3.63, 3.8) is 0 Å². The minimum atomic E-state index is -5.08. The zero-order valence-electron chi connectivity index (χ0n) is 16.3. The monoisotopic (exact) mass is 434 g/mol. The Morgan fingerprint density at radius 3 is 2.66 bits per heavy atom. The van der Waals surface area contributed by atoms with Gasteiger partial charge in [0.15, 0.2) is 0 Å². The van der Waals surface area contributed by atoms with Crippen LogP contribution in [0, 0.1) is 11.3 Å². The number of likely N-dealkylation sites (tertiary alicyclic amines) is 2. The number of thiophene rings is 1. The quantitative estimate of drug-likeness (QED) is 0.738. The lowest BCUT2D eigenvalue weighted by Crippen LogP contribution is -2.37. The van der Waals surface area contributed by atoms with Gasteiger partial charge < -0.3 is 19.6 Å². The standard InChI is InChI=1S/C17H24N2O2S.C2HF3O2/c1-18-10-14(11-21-2)17(12-18)7-8-19(13-17)16(20)6-5-15-4-3-9-22-15;3-2(4,5)1(6)7/h3-6,9,14H,7-8,10-13H2,1-2H3;(H,6,7)/b6-5+;/t14-,17-;/m1./s1. The lowest BCUT2D eigenvalue weighted by Gasteiger charge is -2.29. The third-order valence-corrected chi connectivity index (χ3v) is 6.06. The van der Waals surface area contributed by atoms with Gasteiger partial charge in [0.1, 0.15) is 0 Å². The number of amides is 1. The van der Waals surface area contributed by atoms with Gasteiger partial charge in [-0.3, -0.25) is 4.79 Å². The number of carboxylic acids is 1. The van der Waals surface area contributed by atoms with Gasteiger partial charge in [0, 0.05) is 55.6 Å². The van der Waals surface area contributed by atoms with E-state index in [0.717, 1.165) is 44.1 Å². The molecule has 0 saturated carbocycles. The molecule has 2 fully saturated rings. The number of aliphatic carboxylic acids is 1. The van der Waals surface area contributed by atoms with E-state index in [1.807, 2.05) is 28.5 Å². The van der Waals surface area contributed by atoms with Crippen molar-refractivity contribution in [1.29, 1.82) is 0 Å². The van der Waals surface area contributed by atoms with Crippen LogP contribution in [0.2, 0.25) is 0 Å². The number of carboxylic acid groups (broad SMARTS) is 1. The van der Waals surface area contributed by atoms with Crippen LogP contribution in [0.5, 0.6) is 0 Å². The number of carbonyl (C=O) groups is 2. The van der Waals surface area contributed by atoms with E-state index in [2.05, 4.69) is 11.9 Å². The van der Waals surface area contributed by atoms with Crippen molar-refractivity contribution in [3.8, 4) is 0 Å². The molecule has 6 nitrogen and oxygen atoms in total. The molecule has 1 N–H and O–H groups in total. The zero-order valence-corrected chi connectivity index (χ0v) is 17.1. The number of hydrogen-bond acceptors (Lipinski definition) is 5. The first-order chi connectivity index (χ1) is 13.6. The molecule has 3 heterocycles. The van der Waals surface area contributed by atoms with Crippen molar-refractivity contribution >= 4 is 29.3 Å². The molecular formula is C19H25F3N2O4S. The SMILES string of the molecule is COC[C@H]1CN(C)C[C@@]12CCN(C(=O)/C=C/c1cccs1)C2.O=C(O)C(F)(F)F. The summed E-state index contributed by atoms with van der Waals surface area (Å²) in [6.07, 6.45) is -0.357. The van der Waals surface area contributed by atoms with Crippen LogP contribution in [0.15, 0.2) is 23.6 Å². The van der Waals surface area contributed by atoms with E-state index < -0.39 is 12.1 Å². The van der Waals surface area contributed by atoms with Crippen LogP contribution in [0.25, 0.3) is 6.08 Å². The molecule has 2 aliphatic heterocycles. The lowest BCUT2D eigenvalue weighted by molar-refractivity contribution is -0.192. The van der Waals surface area contributed by atoms with Crippen molar-refractivity contribution in [3.05, 3.63) is 28.5 Å². The van der Waals surface area contributed by atoms with Gasteiger partial charge in [-0.05, 0) is 31.0 Å². The lowest BCUT2D eigenvalue weighted by atomic mass is 9.78. The first-order valence-electron chi connectivity index (χ1n) is 9.05. The molecule has 2 atom stereocenters. The molecule has 3 rings (SSSR count). The summed E-state index contributed by atoms with van der Waals surface area (Å²) in [6, 6.07) is 4.03. The Morgan fingerprint density at radius 2 is 2.10 bits per heavy atom. The van der Waals surface area contributed by atoms with Crippen LogP contribution in [-0.4, -0.2) is 79.9 Å². The molecule has 2 aliphatic rings. The topological polar surface area (TPSA) is 70.1 Å². The summed E-state index contributed by atoms with van der Waals surface area (Å²) in [4.78, 5) is 26.8. The number of carbonyl (C=O) groups excluding carboxylic acids is 1. The highest BCUT2D eigenvalue weighted by Crippen LogP contribution is 2.43. The van der Waals surface area contributed by atoms with E-state index in [-0.39, 0.29) is 11.3 Å². The van der Waals surface area contributed by atoms with E-state index in [1.54, 1.807) is 24.5 Å². The fourth-order valence-electron chi connectivity index (χ4n) is 3.92. The molecule has 2 saturated heterocycles. The summed E-state index contributed by atoms with van der Waals surface area (Å²) in [5.41, 5.74) is 0.219. The molecule has 1 amide bonds. The number of halogens is 3. The molecule has 29 heavy (non-hydrogen) atoms. The Morgan fingerprint density at radius 1 is 1.41 bits per heavy atom. The predicted octanol–water partition coefficient (Wildman–Crippen LogP) is 2.82. The highest BCUT2D eigenvalue weighted by molar-refractivity contribution is 7.10. The Balaban J connectivity index is 0.000000370. The van der Waals surface area contributed by atoms with Crippen LogP contribution in [0.1, 0.15) is 11.3 Å². The van der Waals surface area contributed by atoms with E-state index in [0.29, 0.717) is 5.92 Å². The van der Waals surface area contributed by atoms with Gasteiger partial charge in [-0.1, -0.05) is 6.07 Å². The van der Waals surface area contributed by atoms with Crippen molar-refractivity contribution in [2.75, 3.05) is 46.9 Å². The second-order valence-corrected chi connectivity index (χ2v) is 8.35. The van der Waals surface area contributed by atoms with E-state index in [9.17, 15) is 18.0 Å². The van der Waals surface area contributed by atoms with Crippen LogP contribution in [0.4, 0.5) is 13.2 Å². The average Bonchev–Trinajstić information content (AvgIpc) is 3.35. The summed E-state index contributed by atoms with van der Waals surface area (Å²) < 4.78 is 37.1. The van der Waals surface area contributed by atoms with E-state index in [1.165, 1.54) is 0 Å². The number of ether oxygens (including phenoxy) is 1. The Labute approximate surface area is 171 Å². The maximum atomic E-state index is 12.4. The summed E-state index contributed by atoms with van der Waals surface area (Å²) in [5.74, 6) is -2.09. The number of nitrogens with zero attached hydrogens (tertiary/aromatic N) is 2. The van der Waals surface area contributed by atoms with Gasteiger partial charge in [-0.15, -0.1) is 11.3 Å². The molecular weight excluding hydrogens is 409 g/mol. The Kier molecular flexibility index (Phi) is 7.84. The normalized spacial score (nSPS) is 24.9. The van der Waals surface area contributed by atoms with Crippen LogP contribution >= 0.6 is 11.3 Å². The van der Waals surface area contributed by atoms with Crippen molar-refractivity contribution in [2.45, 2.75) is 12.6 Å². The highest BCUT2D eigenvalue weighted by Gasteiger charge is 2.50. The molecule has 162 valence electrons. The van der Waals surface area contributed by atoms with Gasteiger partial charge in [-0.25, -0.2) is 4.79 Å². The second-order valence-electron chi connectivity index (χ2n) is 7.37. The molecule has 1 spiro atoms. The number of rotatable bonds is 4. The van der Waals surface area contributed by atoms with Gasteiger partial charge in [0.05, 0.1) is 6.61 Å². The molecule has 10 heteroatoms. The van der Waals surface area contributed by atoms with Crippen molar-refractivity contribution < 1.29 is 32.6 Å². The summed E-state index contributed by atoms with van der Waals surface area (Å²) in [5, 5.41) is 9.15. The summed E-state index contributed by atoms with van der Waals surface area (Å²) >= 11 is 1.65. The Hall–Kier alpha value is -1.91. The smallest absolute Gasteiger partial charge is 0.475 e. The minimum Gasteiger partial charge on any atom is -0.475 e. The number of methoxy groups -OCH3 is 1. The average molecular weight is 434 g/mol. The maximum absolute atomic E-state index is 12.4. The summed E-state index contributed by atoms with van der Waals surface area (Å²) in [7, 11) is 3.94. The number of alkyl halides is 3. The second kappa shape index (κ2) is 9.73. The third-order valence-electron chi connectivity index (χ3n) is 5.22.